The molecule has 0 saturated carbocycles. The van der Waals surface area contributed by atoms with E-state index in [1.165, 1.54) is 12.1 Å². The van der Waals surface area contributed by atoms with E-state index in [0.717, 1.165) is 6.07 Å². The molecule has 0 radical (unpaired) electrons. The van der Waals surface area contributed by atoms with E-state index < -0.39 is 21.4 Å². The average molecular weight is 417 g/mol. The van der Waals surface area contributed by atoms with Crippen LogP contribution in [-0.4, -0.2) is 24.6 Å². The Morgan fingerprint density at radius 3 is 2.37 bits per heavy atom. The molecule has 0 aromatic heterocycles. The van der Waals surface area contributed by atoms with Gasteiger partial charge in [0.1, 0.15) is 5.82 Å². The molecular formula is C12H16Br2FNO2S. The van der Waals surface area contributed by atoms with Crippen LogP contribution in [0.1, 0.15) is 18.9 Å². The van der Waals surface area contributed by atoms with Crippen LogP contribution in [0.25, 0.3) is 0 Å². The SMILES string of the molecule is CCC(CBr)(CBr)NS(=O)(=O)c1cc(F)ccc1C. The zero-order chi connectivity index (χ0) is 14.7. The van der Waals surface area contributed by atoms with E-state index >= 15 is 0 Å². The third-order valence-corrected chi connectivity index (χ3v) is 6.85. The lowest BCUT2D eigenvalue weighted by Gasteiger charge is -2.29. The van der Waals surface area contributed by atoms with Gasteiger partial charge >= 0.3 is 0 Å². The van der Waals surface area contributed by atoms with Gasteiger partial charge < -0.3 is 0 Å². The average Bonchev–Trinajstić information content (AvgIpc) is 2.39. The molecular weight excluding hydrogens is 401 g/mol. The summed E-state index contributed by atoms with van der Waals surface area (Å²) >= 11 is 6.64. The Balaban J connectivity index is 3.21. The maximum Gasteiger partial charge on any atom is 0.241 e. The molecule has 0 aliphatic rings. The molecule has 1 aromatic rings. The first-order chi connectivity index (χ1) is 8.80. The number of alkyl halides is 2. The highest BCUT2D eigenvalue weighted by Gasteiger charge is 2.32. The monoisotopic (exact) mass is 415 g/mol. The maximum atomic E-state index is 13.2. The third-order valence-electron chi connectivity index (χ3n) is 2.98. The second-order valence-electron chi connectivity index (χ2n) is 4.42. The summed E-state index contributed by atoms with van der Waals surface area (Å²) in [5.74, 6) is -0.564. The Kier molecular flexibility index (Phi) is 5.97. The van der Waals surface area contributed by atoms with Crippen LogP contribution in [0, 0.1) is 12.7 Å². The van der Waals surface area contributed by atoms with Gasteiger partial charge in [-0.05, 0) is 31.0 Å². The van der Waals surface area contributed by atoms with Gasteiger partial charge in [0.05, 0.1) is 10.4 Å². The van der Waals surface area contributed by atoms with Crippen LogP contribution in [0.2, 0.25) is 0 Å². The van der Waals surface area contributed by atoms with Crippen molar-refractivity contribution in [3.8, 4) is 0 Å². The lowest BCUT2D eigenvalue weighted by Crippen LogP contribution is -2.51. The third kappa shape index (κ3) is 4.00. The van der Waals surface area contributed by atoms with Gasteiger partial charge in [0.2, 0.25) is 10.0 Å². The van der Waals surface area contributed by atoms with Gasteiger partial charge in [-0.15, -0.1) is 0 Å². The van der Waals surface area contributed by atoms with Crippen molar-refractivity contribution in [3.05, 3.63) is 29.6 Å². The van der Waals surface area contributed by atoms with Crippen molar-refractivity contribution in [1.29, 1.82) is 0 Å². The minimum Gasteiger partial charge on any atom is -0.207 e. The largest absolute Gasteiger partial charge is 0.241 e. The first-order valence-corrected chi connectivity index (χ1v) is 9.45. The smallest absolute Gasteiger partial charge is 0.207 e. The van der Waals surface area contributed by atoms with Gasteiger partial charge in [-0.1, -0.05) is 44.8 Å². The first kappa shape index (κ1) is 17.1. The summed E-state index contributed by atoms with van der Waals surface area (Å²) in [6.45, 7) is 3.54. The molecule has 7 heteroatoms. The Hall–Kier alpha value is 0.0200. The van der Waals surface area contributed by atoms with Crippen LogP contribution in [0.3, 0.4) is 0 Å². The zero-order valence-corrected chi connectivity index (χ0v) is 14.7. The van der Waals surface area contributed by atoms with Crippen molar-refractivity contribution in [3.63, 3.8) is 0 Å². The fraction of sp³-hybridized carbons (Fsp3) is 0.500. The minimum atomic E-state index is -3.76. The lowest BCUT2D eigenvalue weighted by molar-refractivity contribution is 0.459. The molecule has 0 unspecified atom stereocenters. The highest BCUT2D eigenvalue weighted by atomic mass is 79.9. The quantitative estimate of drug-likeness (QED) is 0.722. The molecule has 0 amide bonds. The van der Waals surface area contributed by atoms with Crippen LogP contribution in [-0.2, 0) is 10.0 Å². The second kappa shape index (κ2) is 6.65. The van der Waals surface area contributed by atoms with Gasteiger partial charge in [0.25, 0.3) is 0 Å². The summed E-state index contributed by atoms with van der Waals surface area (Å²) in [6.07, 6.45) is 0.608. The Morgan fingerprint density at radius 2 is 1.89 bits per heavy atom. The molecule has 0 atom stereocenters. The predicted molar refractivity (Wildman–Crippen MR) is 82.1 cm³/mol. The number of halogens is 3. The second-order valence-corrected chi connectivity index (χ2v) is 7.19. The molecule has 19 heavy (non-hydrogen) atoms. The van der Waals surface area contributed by atoms with Gasteiger partial charge in [-0.2, -0.15) is 0 Å². The van der Waals surface area contributed by atoms with Crippen LogP contribution >= 0.6 is 31.9 Å². The summed E-state index contributed by atoms with van der Waals surface area (Å²) in [4.78, 5) is -0.0211. The van der Waals surface area contributed by atoms with E-state index in [9.17, 15) is 12.8 Å². The van der Waals surface area contributed by atoms with E-state index in [1.54, 1.807) is 6.92 Å². The zero-order valence-electron chi connectivity index (χ0n) is 10.7. The van der Waals surface area contributed by atoms with Crippen molar-refractivity contribution in [2.24, 2.45) is 0 Å². The Labute approximate surface area is 130 Å². The number of nitrogens with one attached hydrogen (secondary N) is 1. The van der Waals surface area contributed by atoms with Gasteiger partial charge in [0, 0.05) is 10.7 Å². The normalized spacial score (nSPS) is 12.7. The summed E-state index contributed by atoms with van der Waals surface area (Å²) in [6, 6.07) is 3.75. The van der Waals surface area contributed by atoms with Crippen LogP contribution < -0.4 is 4.72 Å². The molecule has 1 rings (SSSR count). The minimum absolute atomic E-state index is 0.0211. The van der Waals surface area contributed by atoms with Gasteiger partial charge in [0.15, 0.2) is 0 Å². The summed E-state index contributed by atoms with van der Waals surface area (Å²) in [5, 5.41) is 0.935. The lowest BCUT2D eigenvalue weighted by atomic mass is 10.0. The summed E-state index contributed by atoms with van der Waals surface area (Å²) < 4.78 is 40.7. The first-order valence-electron chi connectivity index (χ1n) is 5.72. The standard InChI is InChI=1S/C12H16Br2FNO2S/c1-3-12(7-13,8-14)16-19(17,18)11-6-10(15)5-4-9(11)2/h4-6,16H,3,7-8H2,1-2H3. The molecule has 0 heterocycles. The molecule has 0 aliphatic heterocycles. The highest BCUT2D eigenvalue weighted by molar-refractivity contribution is 9.09. The summed E-state index contributed by atoms with van der Waals surface area (Å²) in [7, 11) is -3.76. The van der Waals surface area contributed by atoms with Crippen molar-refractivity contribution in [1.82, 2.24) is 4.72 Å². The number of hydrogen-bond donors (Lipinski definition) is 1. The molecule has 1 aromatic carbocycles. The number of benzene rings is 1. The highest BCUT2D eigenvalue weighted by Crippen LogP contribution is 2.23. The van der Waals surface area contributed by atoms with E-state index in [4.69, 9.17) is 0 Å². The molecule has 108 valence electrons. The van der Waals surface area contributed by atoms with Crippen molar-refractivity contribution >= 4 is 41.9 Å². The molecule has 0 spiro atoms. The van der Waals surface area contributed by atoms with Crippen LogP contribution in [0.15, 0.2) is 23.1 Å². The molecule has 1 N–H and O–H groups in total. The molecule has 3 nitrogen and oxygen atoms in total. The predicted octanol–water partition coefficient (Wildman–Crippen LogP) is 3.35. The van der Waals surface area contributed by atoms with E-state index in [2.05, 4.69) is 36.6 Å². The van der Waals surface area contributed by atoms with E-state index in [1.807, 2.05) is 6.92 Å². The fourth-order valence-corrected chi connectivity index (χ4v) is 5.66. The molecule has 0 fully saturated rings. The van der Waals surface area contributed by atoms with Crippen molar-refractivity contribution in [2.45, 2.75) is 30.7 Å². The Bertz CT molecular complexity index is 536. The van der Waals surface area contributed by atoms with Crippen LogP contribution in [0.4, 0.5) is 4.39 Å². The molecule has 0 aliphatic carbocycles. The van der Waals surface area contributed by atoms with Gasteiger partial charge in [-0.3, -0.25) is 0 Å². The number of aryl methyl sites for hydroxylation is 1. The topological polar surface area (TPSA) is 46.2 Å². The maximum absolute atomic E-state index is 13.2. The van der Waals surface area contributed by atoms with Crippen molar-refractivity contribution in [2.75, 3.05) is 10.7 Å². The number of hydrogen-bond acceptors (Lipinski definition) is 2. The molecule has 0 saturated heterocycles. The van der Waals surface area contributed by atoms with Crippen LogP contribution in [0.5, 0.6) is 0 Å². The fourth-order valence-electron chi connectivity index (χ4n) is 1.55. The van der Waals surface area contributed by atoms with Crippen molar-refractivity contribution < 1.29 is 12.8 Å². The Morgan fingerprint density at radius 1 is 1.32 bits per heavy atom. The summed E-state index contributed by atoms with van der Waals surface area (Å²) in [5.41, 5.74) is -0.111. The number of rotatable bonds is 6. The molecule has 0 bridgehead atoms. The van der Waals surface area contributed by atoms with E-state index in [-0.39, 0.29) is 4.90 Å². The van der Waals surface area contributed by atoms with Gasteiger partial charge in [-0.25, -0.2) is 17.5 Å². The van der Waals surface area contributed by atoms with E-state index in [0.29, 0.717) is 22.6 Å². The number of sulfonamides is 1.